The maximum absolute atomic E-state index is 3.68. The molecule has 0 saturated carbocycles. The van der Waals surface area contributed by atoms with Gasteiger partial charge in [0.05, 0.1) is 11.4 Å². The number of benzene rings is 1. The average Bonchev–Trinajstić information content (AvgIpc) is 2.19. The largest absolute Gasteiger partial charge is 0.378 e. The summed E-state index contributed by atoms with van der Waals surface area (Å²) in [5.74, 6) is 0.663. The van der Waals surface area contributed by atoms with Gasteiger partial charge in [-0.2, -0.15) is 0 Å². The molecule has 0 saturated heterocycles. The fourth-order valence-electron chi connectivity index (χ4n) is 2.44. The third-order valence-electron chi connectivity index (χ3n) is 3.48. The van der Waals surface area contributed by atoms with Gasteiger partial charge in [-0.25, -0.2) is 0 Å². The van der Waals surface area contributed by atoms with E-state index in [1.807, 2.05) is 0 Å². The lowest BCUT2D eigenvalue weighted by molar-refractivity contribution is 0.514. The van der Waals surface area contributed by atoms with Crippen molar-refractivity contribution in [2.24, 2.45) is 5.92 Å². The van der Waals surface area contributed by atoms with Gasteiger partial charge in [0, 0.05) is 19.6 Å². The van der Waals surface area contributed by atoms with E-state index in [9.17, 15) is 0 Å². The molecule has 16 heavy (non-hydrogen) atoms. The summed E-state index contributed by atoms with van der Waals surface area (Å²) in [5.41, 5.74) is 5.35. The van der Waals surface area contributed by atoms with Crippen LogP contribution in [0.1, 0.15) is 25.0 Å². The highest BCUT2D eigenvalue weighted by molar-refractivity contribution is 5.76. The monoisotopic (exact) mass is 218 g/mol. The van der Waals surface area contributed by atoms with Crippen molar-refractivity contribution >= 4 is 11.4 Å². The second-order valence-corrected chi connectivity index (χ2v) is 5.35. The van der Waals surface area contributed by atoms with Gasteiger partial charge in [-0.15, -0.1) is 0 Å². The molecular weight excluding hydrogens is 196 g/mol. The van der Waals surface area contributed by atoms with E-state index in [0.717, 1.165) is 6.54 Å². The molecule has 0 spiro atoms. The molecule has 0 fully saturated rings. The molecule has 0 radical (unpaired) electrons. The van der Waals surface area contributed by atoms with Gasteiger partial charge in [0.15, 0.2) is 0 Å². The second kappa shape index (κ2) is 4.00. The summed E-state index contributed by atoms with van der Waals surface area (Å²) < 4.78 is 0. The predicted octanol–water partition coefficient (Wildman–Crippen LogP) is 3.19. The average molecular weight is 218 g/mol. The number of nitrogens with one attached hydrogen (secondary N) is 1. The van der Waals surface area contributed by atoms with Crippen LogP contribution in [0.2, 0.25) is 0 Å². The highest BCUT2D eigenvalue weighted by Gasteiger charge is 2.24. The molecule has 1 aromatic carbocycles. The Morgan fingerprint density at radius 1 is 1.31 bits per heavy atom. The first kappa shape index (κ1) is 11.3. The Morgan fingerprint density at radius 3 is 2.62 bits per heavy atom. The van der Waals surface area contributed by atoms with Crippen LogP contribution in [-0.4, -0.2) is 19.6 Å². The molecule has 0 aliphatic carbocycles. The zero-order valence-corrected chi connectivity index (χ0v) is 11.0. The summed E-state index contributed by atoms with van der Waals surface area (Å²) in [6.45, 7) is 10.00. The smallest absolute Gasteiger partial charge is 0.0610 e. The van der Waals surface area contributed by atoms with Crippen LogP contribution in [0.5, 0.6) is 0 Å². The summed E-state index contributed by atoms with van der Waals surface area (Å²) in [7, 11) is 2.19. The van der Waals surface area contributed by atoms with Crippen molar-refractivity contribution in [2.45, 2.75) is 33.7 Å². The van der Waals surface area contributed by atoms with E-state index in [1.54, 1.807) is 0 Å². The first-order valence-electron chi connectivity index (χ1n) is 6.08. The van der Waals surface area contributed by atoms with E-state index in [4.69, 9.17) is 0 Å². The highest BCUT2D eigenvalue weighted by atomic mass is 15.2. The van der Waals surface area contributed by atoms with E-state index < -0.39 is 0 Å². The van der Waals surface area contributed by atoms with Crippen LogP contribution in [0.3, 0.4) is 0 Å². The molecule has 88 valence electrons. The summed E-state index contributed by atoms with van der Waals surface area (Å²) in [6.07, 6.45) is 0. The quantitative estimate of drug-likeness (QED) is 0.778. The van der Waals surface area contributed by atoms with E-state index >= 15 is 0 Å². The minimum absolute atomic E-state index is 0.555. The van der Waals surface area contributed by atoms with E-state index in [0.29, 0.717) is 12.0 Å². The number of hydrogen-bond acceptors (Lipinski definition) is 2. The standard InChI is InChI=1S/C14H22N2/c1-9(2)12-8-16(5)13-7-10(3)6-11(4)14(13)15-12/h6-7,9,12,15H,8H2,1-5H3. The summed E-state index contributed by atoms with van der Waals surface area (Å²) in [4.78, 5) is 2.37. The van der Waals surface area contributed by atoms with Crippen LogP contribution >= 0.6 is 0 Å². The number of aryl methyl sites for hydroxylation is 2. The molecule has 1 unspecified atom stereocenters. The van der Waals surface area contributed by atoms with Crippen LogP contribution in [0, 0.1) is 19.8 Å². The molecule has 1 heterocycles. The number of rotatable bonds is 1. The van der Waals surface area contributed by atoms with Gasteiger partial charge in [0.1, 0.15) is 0 Å². The fourth-order valence-corrected chi connectivity index (χ4v) is 2.44. The summed E-state index contributed by atoms with van der Waals surface area (Å²) in [6, 6.07) is 5.08. The van der Waals surface area contributed by atoms with Crippen molar-refractivity contribution in [3.05, 3.63) is 23.3 Å². The number of nitrogens with zero attached hydrogens (tertiary/aromatic N) is 1. The normalized spacial score (nSPS) is 19.6. The number of anilines is 2. The molecule has 2 heteroatoms. The van der Waals surface area contributed by atoms with Crippen LogP contribution in [0.25, 0.3) is 0 Å². The molecule has 2 nitrogen and oxygen atoms in total. The predicted molar refractivity (Wildman–Crippen MR) is 71.4 cm³/mol. The Balaban J connectivity index is 2.42. The molecule has 2 rings (SSSR count). The maximum atomic E-state index is 3.68. The lowest BCUT2D eigenvalue weighted by Gasteiger charge is -2.38. The third kappa shape index (κ3) is 1.89. The molecule has 1 aliphatic heterocycles. The Bertz CT molecular complexity index is 396. The Morgan fingerprint density at radius 2 is 2.00 bits per heavy atom. The van der Waals surface area contributed by atoms with Crippen molar-refractivity contribution in [1.29, 1.82) is 0 Å². The third-order valence-corrected chi connectivity index (χ3v) is 3.48. The first-order valence-corrected chi connectivity index (χ1v) is 6.08. The molecule has 0 amide bonds. The van der Waals surface area contributed by atoms with Crippen molar-refractivity contribution in [3.8, 4) is 0 Å². The molecular formula is C14H22N2. The van der Waals surface area contributed by atoms with Crippen molar-refractivity contribution in [1.82, 2.24) is 0 Å². The molecule has 1 aliphatic rings. The van der Waals surface area contributed by atoms with Crippen LogP contribution in [0.4, 0.5) is 11.4 Å². The molecule has 1 aromatic rings. The van der Waals surface area contributed by atoms with E-state index in [1.165, 1.54) is 22.5 Å². The summed E-state index contributed by atoms with van der Waals surface area (Å²) >= 11 is 0. The zero-order valence-electron chi connectivity index (χ0n) is 11.0. The van der Waals surface area contributed by atoms with Crippen molar-refractivity contribution in [2.75, 3.05) is 23.8 Å². The first-order chi connectivity index (χ1) is 7.49. The Labute approximate surface area is 98.7 Å². The van der Waals surface area contributed by atoms with Crippen molar-refractivity contribution in [3.63, 3.8) is 0 Å². The van der Waals surface area contributed by atoms with E-state index in [-0.39, 0.29) is 0 Å². The van der Waals surface area contributed by atoms with Crippen molar-refractivity contribution < 1.29 is 0 Å². The molecule has 1 atom stereocenters. The lowest BCUT2D eigenvalue weighted by Crippen LogP contribution is -2.42. The minimum Gasteiger partial charge on any atom is -0.378 e. The molecule has 0 aromatic heterocycles. The highest BCUT2D eigenvalue weighted by Crippen LogP contribution is 2.35. The van der Waals surface area contributed by atoms with E-state index in [2.05, 4.69) is 57.1 Å². The number of hydrogen-bond donors (Lipinski definition) is 1. The topological polar surface area (TPSA) is 15.3 Å². The molecule has 0 bridgehead atoms. The van der Waals surface area contributed by atoms with Crippen LogP contribution in [-0.2, 0) is 0 Å². The Hall–Kier alpha value is -1.18. The van der Waals surface area contributed by atoms with Crippen LogP contribution in [0.15, 0.2) is 12.1 Å². The van der Waals surface area contributed by atoms with Gasteiger partial charge in [-0.1, -0.05) is 19.9 Å². The van der Waals surface area contributed by atoms with Gasteiger partial charge in [0.2, 0.25) is 0 Å². The maximum Gasteiger partial charge on any atom is 0.0610 e. The van der Waals surface area contributed by atoms with Gasteiger partial charge in [-0.05, 0) is 37.0 Å². The van der Waals surface area contributed by atoms with Gasteiger partial charge < -0.3 is 10.2 Å². The van der Waals surface area contributed by atoms with Gasteiger partial charge >= 0.3 is 0 Å². The second-order valence-electron chi connectivity index (χ2n) is 5.35. The minimum atomic E-state index is 0.555. The SMILES string of the molecule is Cc1cc(C)c2c(c1)N(C)CC(C(C)C)N2. The van der Waals surface area contributed by atoms with Crippen LogP contribution < -0.4 is 10.2 Å². The van der Waals surface area contributed by atoms with Gasteiger partial charge in [0.25, 0.3) is 0 Å². The zero-order chi connectivity index (χ0) is 11.9. The fraction of sp³-hybridized carbons (Fsp3) is 0.571. The summed E-state index contributed by atoms with van der Waals surface area (Å²) in [5, 5.41) is 3.68. The Kier molecular flexibility index (Phi) is 2.83. The number of fused-ring (bicyclic) bond motifs is 1. The lowest BCUT2D eigenvalue weighted by atomic mass is 9.97. The molecule has 1 N–H and O–H groups in total. The number of likely N-dealkylation sites (N-methyl/N-ethyl adjacent to an activating group) is 1. The van der Waals surface area contributed by atoms with Gasteiger partial charge in [-0.3, -0.25) is 0 Å².